The van der Waals surface area contributed by atoms with Crippen LogP contribution >= 0.6 is 11.8 Å². The Hall–Kier alpha value is -2.14. The predicted molar refractivity (Wildman–Crippen MR) is 86.2 cm³/mol. The molecule has 0 aliphatic carbocycles. The first-order valence-electron chi connectivity index (χ1n) is 6.48. The summed E-state index contributed by atoms with van der Waals surface area (Å²) in [5.74, 6) is 1.65. The first kappa shape index (κ1) is 15.3. The second-order valence-electron chi connectivity index (χ2n) is 4.63. The van der Waals surface area contributed by atoms with Crippen LogP contribution in [0.15, 0.2) is 52.5 Å². The van der Waals surface area contributed by atoms with E-state index in [0.29, 0.717) is 5.56 Å². The van der Waals surface area contributed by atoms with Gasteiger partial charge < -0.3 is 15.7 Å². The van der Waals surface area contributed by atoms with Crippen LogP contribution in [-0.2, 0) is 5.75 Å². The van der Waals surface area contributed by atoms with Gasteiger partial charge in [0.1, 0.15) is 5.75 Å². The zero-order valence-corrected chi connectivity index (χ0v) is 12.9. The molecule has 0 aliphatic rings. The normalized spacial score (nSPS) is 11.4. The third-order valence-corrected chi connectivity index (χ3v) is 4.18. The van der Waals surface area contributed by atoms with Gasteiger partial charge in [-0.25, -0.2) is 0 Å². The Kier molecular flexibility index (Phi) is 5.11. The Morgan fingerprint density at radius 1 is 1.29 bits per heavy atom. The van der Waals surface area contributed by atoms with Crippen molar-refractivity contribution in [3.8, 4) is 5.75 Å². The first-order valence-corrected chi connectivity index (χ1v) is 7.47. The third-order valence-electron chi connectivity index (χ3n) is 3.05. The zero-order valence-electron chi connectivity index (χ0n) is 12.0. The zero-order chi connectivity index (χ0) is 15.2. The fourth-order valence-electron chi connectivity index (χ4n) is 1.98. The van der Waals surface area contributed by atoms with Crippen LogP contribution in [0, 0.1) is 6.92 Å². The Bertz CT molecular complexity index is 656. The van der Waals surface area contributed by atoms with E-state index in [-0.39, 0.29) is 5.84 Å². The van der Waals surface area contributed by atoms with Gasteiger partial charge in [0.05, 0.1) is 7.11 Å². The lowest BCUT2D eigenvalue weighted by Crippen LogP contribution is -2.14. The summed E-state index contributed by atoms with van der Waals surface area (Å²) in [4.78, 5) is 0.922. The van der Waals surface area contributed by atoms with E-state index in [9.17, 15) is 0 Å². The molecule has 0 radical (unpaired) electrons. The molecule has 4 nitrogen and oxygen atoms in total. The maximum Gasteiger partial charge on any atom is 0.171 e. The summed E-state index contributed by atoms with van der Waals surface area (Å²) in [5.41, 5.74) is 8.89. The minimum Gasteiger partial charge on any atom is -0.497 e. The van der Waals surface area contributed by atoms with Gasteiger partial charge in [-0.3, -0.25) is 0 Å². The van der Waals surface area contributed by atoms with Crippen molar-refractivity contribution >= 4 is 17.6 Å². The van der Waals surface area contributed by atoms with Gasteiger partial charge in [0.2, 0.25) is 0 Å². The molecule has 0 bridgehead atoms. The number of hydrogen-bond acceptors (Lipinski definition) is 4. The molecule has 0 amide bonds. The van der Waals surface area contributed by atoms with Crippen molar-refractivity contribution in [3.63, 3.8) is 0 Å². The lowest BCUT2D eigenvalue weighted by atomic mass is 10.2. The van der Waals surface area contributed by atoms with Crippen LogP contribution in [0.25, 0.3) is 0 Å². The van der Waals surface area contributed by atoms with Crippen molar-refractivity contribution < 1.29 is 9.94 Å². The Balaban J connectivity index is 2.25. The Labute approximate surface area is 128 Å². The molecule has 2 aromatic carbocycles. The standard InChI is InChI=1S/C16H18N2O2S/c1-11-4-3-5-12(8-11)10-21-15-9-13(20-2)6-7-14(15)16(17)18-19/h3-9,19H,10H2,1-2H3,(H2,17,18). The van der Waals surface area contributed by atoms with Crippen LogP contribution in [0.3, 0.4) is 0 Å². The largest absolute Gasteiger partial charge is 0.497 e. The van der Waals surface area contributed by atoms with E-state index in [1.54, 1.807) is 31.0 Å². The second kappa shape index (κ2) is 7.04. The van der Waals surface area contributed by atoms with Crippen molar-refractivity contribution in [2.45, 2.75) is 17.6 Å². The van der Waals surface area contributed by atoms with Crippen molar-refractivity contribution in [1.29, 1.82) is 0 Å². The summed E-state index contributed by atoms with van der Waals surface area (Å²) in [7, 11) is 1.62. The van der Waals surface area contributed by atoms with Gasteiger partial charge >= 0.3 is 0 Å². The molecule has 0 atom stereocenters. The van der Waals surface area contributed by atoms with Gasteiger partial charge in [0.25, 0.3) is 0 Å². The molecule has 0 aromatic heterocycles. The average Bonchev–Trinajstić information content (AvgIpc) is 2.52. The monoisotopic (exact) mass is 302 g/mol. The highest BCUT2D eigenvalue weighted by Gasteiger charge is 2.09. The molecular formula is C16H18N2O2S. The molecule has 0 heterocycles. The molecule has 3 N–H and O–H groups in total. The van der Waals surface area contributed by atoms with Crippen molar-refractivity contribution in [3.05, 3.63) is 59.2 Å². The van der Waals surface area contributed by atoms with Gasteiger partial charge in [0, 0.05) is 16.2 Å². The summed E-state index contributed by atoms with van der Waals surface area (Å²) in [6.45, 7) is 2.07. The number of rotatable bonds is 5. The lowest BCUT2D eigenvalue weighted by molar-refractivity contribution is 0.318. The first-order chi connectivity index (χ1) is 10.1. The van der Waals surface area contributed by atoms with Crippen LogP contribution < -0.4 is 10.5 Å². The van der Waals surface area contributed by atoms with E-state index in [4.69, 9.17) is 15.7 Å². The Morgan fingerprint density at radius 2 is 2.10 bits per heavy atom. The topological polar surface area (TPSA) is 67.8 Å². The molecule has 110 valence electrons. The number of methoxy groups -OCH3 is 1. The second-order valence-corrected chi connectivity index (χ2v) is 5.64. The number of benzene rings is 2. The third kappa shape index (κ3) is 3.92. The number of nitrogens with zero attached hydrogens (tertiary/aromatic N) is 1. The maximum atomic E-state index is 8.88. The highest BCUT2D eigenvalue weighted by Crippen LogP contribution is 2.30. The van der Waals surface area contributed by atoms with E-state index in [1.165, 1.54) is 11.1 Å². The molecule has 21 heavy (non-hydrogen) atoms. The van der Waals surface area contributed by atoms with Crippen molar-refractivity contribution in [1.82, 2.24) is 0 Å². The molecular weight excluding hydrogens is 284 g/mol. The molecule has 0 saturated heterocycles. The number of thioether (sulfide) groups is 1. The summed E-state index contributed by atoms with van der Waals surface area (Å²) in [6.07, 6.45) is 0. The molecule has 2 rings (SSSR count). The molecule has 5 heteroatoms. The summed E-state index contributed by atoms with van der Waals surface area (Å²) in [6, 6.07) is 13.8. The summed E-state index contributed by atoms with van der Waals surface area (Å²) < 4.78 is 5.24. The SMILES string of the molecule is COc1ccc(/C(N)=N/O)c(SCc2cccc(C)c2)c1. The van der Waals surface area contributed by atoms with Crippen LogP contribution in [0.2, 0.25) is 0 Å². The minimum atomic E-state index is 0.101. The molecule has 0 fully saturated rings. The van der Waals surface area contributed by atoms with Crippen molar-refractivity contribution in [2.24, 2.45) is 10.9 Å². The van der Waals surface area contributed by atoms with Crippen LogP contribution in [0.4, 0.5) is 0 Å². The number of nitrogens with two attached hydrogens (primary N) is 1. The lowest BCUT2D eigenvalue weighted by Gasteiger charge is -2.10. The fraction of sp³-hybridized carbons (Fsp3) is 0.188. The smallest absolute Gasteiger partial charge is 0.171 e. The van der Waals surface area contributed by atoms with E-state index >= 15 is 0 Å². The average molecular weight is 302 g/mol. The van der Waals surface area contributed by atoms with Crippen LogP contribution in [0.1, 0.15) is 16.7 Å². The van der Waals surface area contributed by atoms with E-state index in [0.717, 1.165) is 16.4 Å². The Morgan fingerprint density at radius 3 is 2.76 bits per heavy atom. The maximum absolute atomic E-state index is 8.88. The molecule has 0 saturated carbocycles. The van der Waals surface area contributed by atoms with Gasteiger partial charge in [-0.05, 0) is 30.7 Å². The molecule has 2 aromatic rings. The summed E-state index contributed by atoms with van der Waals surface area (Å²) in [5, 5.41) is 12.0. The van der Waals surface area contributed by atoms with Crippen molar-refractivity contribution in [2.75, 3.05) is 7.11 Å². The van der Waals surface area contributed by atoms with Crippen LogP contribution in [0.5, 0.6) is 5.75 Å². The predicted octanol–water partition coefficient (Wildman–Crippen LogP) is 3.39. The van der Waals surface area contributed by atoms with E-state index in [2.05, 4.69) is 30.3 Å². The molecule has 0 spiro atoms. The summed E-state index contributed by atoms with van der Waals surface area (Å²) >= 11 is 1.63. The van der Waals surface area contributed by atoms with Crippen LogP contribution in [-0.4, -0.2) is 18.2 Å². The molecule has 0 aliphatic heterocycles. The fourth-order valence-corrected chi connectivity index (χ4v) is 3.01. The highest BCUT2D eigenvalue weighted by molar-refractivity contribution is 7.98. The van der Waals surface area contributed by atoms with Gasteiger partial charge in [-0.1, -0.05) is 35.0 Å². The number of amidine groups is 1. The number of aryl methyl sites for hydroxylation is 1. The van der Waals surface area contributed by atoms with Gasteiger partial charge in [-0.15, -0.1) is 11.8 Å². The number of ether oxygens (including phenoxy) is 1. The van der Waals surface area contributed by atoms with Gasteiger partial charge in [0.15, 0.2) is 5.84 Å². The van der Waals surface area contributed by atoms with E-state index in [1.807, 2.05) is 12.1 Å². The number of oxime groups is 1. The molecule has 0 unspecified atom stereocenters. The quantitative estimate of drug-likeness (QED) is 0.292. The highest BCUT2D eigenvalue weighted by atomic mass is 32.2. The van der Waals surface area contributed by atoms with E-state index < -0.39 is 0 Å². The minimum absolute atomic E-state index is 0.101. The van der Waals surface area contributed by atoms with Gasteiger partial charge in [-0.2, -0.15) is 0 Å². The number of hydrogen-bond donors (Lipinski definition) is 2.